The number of anilines is 1. The van der Waals surface area contributed by atoms with Crippen LogP contribution in [-0.4, -0.2) is 15.8 Å². The third kappa shape index (κ3) is 2.89. The zero-order valence-corrected chi connectivity index (χ0v) is 10.5. The lowest BCUT2D eigenvalue weighted by Gasteiger charge is -2.03. The number of carbonyl (C=O) groups excluding carboxylic acids is 1. The first-order valence-corrected chi connectivity index (χ1v) is 5.54. The summed E-state index contributed by atoms with van der Waals surface area (Å²) in [7, 11) is 0. The van der Waals surface area contributed by atoms with Crippen LogP contribution in [0.4, 0.5) is 11.5 Å². The van der Waals surface area contributed by atoms with Gasteiger partial charge in [0.2, 0.25) is 0 Å². The molecule has 2 rings (SSSR count). The Morgan fingerprint density at radius 2 is 2.16 bits per heavy atom. The van der Waals surface area contributed by atoms with Crippen molar-refractivity contribution in [2.24, 2.45) is 0 Å². The van der Waals surface area contributed by atoms with Crippen LogP contribution >= 0.6 is 11.6 Å². The zero-order valence-electron chi connectivity index (χ0n) is 9.71. The minimum Gasteiger partial charge on any atom is -0.440 e. The van der Waals surface area contributed by atoms with Crippen LogP contribution in [0.15, 0.2) is 28.7 Å². The molecule has 0 unspecified atom stereocenters. The number of aryl methyl sites for hydroxylation is 1. The molecule has 0 aliphatic carbocycles. The number of pyridine rings is 1. The highest BCUT2D eigenvalue weighted by Crippen LogP contribution is 2.19. The minimum atomic E-state index is -0.541. The molecule has 1 N–H and O–H groups in total. The molecule has 19 heavy (non-hydrogen) atoms. The lowest BCUT2D eigenvalue weighted by Crippen LogP contribution is -2.12. The Bertz CT molecular complexity index is 653. The van der Waals surface area contributed by atoms with Crippen molar-refractivity contribution in [3.63, 3.8) is 0 Å². The summed E-state index contributed by atoms with van der Waals surface area (Å²) in [6.45, 7) is 1.48. The van der Waals surface area contributed by atoms with Crippen LogP contribution in [0.1, 0.15) is 16.2 Å². The summed E-state index contributed by atoms with van der Waals surface area (Å²) in [6.07, 6.45) is 0. The quantitative estimate of drug-likeness (QED) is 0.689. The first-order chi connectivity index (χ1) is 8.97. The summed E-state index contributed by atoms with van der Waals surface area (Å²) in [6, 6.07) is 5.46. The van der Waals surface area contributed by atoms with E-state index in [1.807, 2.05) is 0 Å². The second-order valence-corrected chi connectivity index (χ2v) is 3.99. The van der Waals surface area contributed by atoms with Gasteiger partial charge in [-0.1, -0.05) is 0 Å². The van der Waals surface area contributed by atoms with Gasteiger partial charge in [-0.2, -0.15) is 0 Å². The molecule has 0 aliphatic rings. The SMILES string of the molecule is Cc1nc(NC(=O)c2ccc(Cl)o2)ccc1[N+](=O)[O-]. The molecule has 2 aromatic rings. The van der Waals surface area contributed by atoms with Gasteiger partial charge in [-0.05, 0) is 36.7 Å². The van der Waals surface area contributed by atoms with E-state index >= 15 is 0 Å². The number of halogens is 1. The average Bonchev–Trinajstić information content (AvgIpc) is 2.75. The van der Waals surface area contributed by atoms with Crippen LogP contribution in [0.5, 0.6) is 0 Å². The molecule has 0 saturated carbocycles. The topological polar surface area (TPSA) is 98.3 Å². The van der Waals surface area contributed by atoms with E-state index in [0.29, 0.717) is 0 Å². The number of rotatable bonds is 3. The second-order valence-electron chi connectivity index (χ2n) is 3.62. The summed E-state index contributed by atoms with van der Waals surface area (Å²) in [4.78, 5) is 25.7. The van der Waals surface area contributed by atoms with Crippen LogP contribution in [0.25, 0.3) is 0 Å². The Morgan fingerprint density at radius 3 is 2.68 bits per heavy atom. The number of hydrogen-bond acceptors (Lipinski definition) is 5. The maximum atomic E-state index is 11.7. The predicted molar refractivity (Wildman–Crippen MR) is 67.3 cm³/mol. The molecule has 0 radical (unpaired) electrons. The van der Waals surface area contributed by atoms with E-state index in [1.54, 1.807) is 0 Å². The monoisotopic (exact) mass is 281 g/mol. The van der Waals surface area contributed by atoms with Gasteiger partial charge < -0.3 is 9.73 Å². The average molecular weight is 282 g/mol. The third-order valence-corrected chi connectivity index (χ3v) is 2.50. The standard InChI is InChI=1S/C11H8ClN3O4/c1-6-7(15(17)18)2-5-10(13-6)14-11(16)8-3-4-9(12)19-8/h2-5H,1H3,(H,13,14,16). The van der Waals surface area contributed by atoms with Crippen molar-refractivity contribution in [3.8, 4) is 0 Å². The molecule has 0 bridgehead atoms. The highest BCUT2D eigenvalue weighted by molar-refractivity contribution is 6.29. The van der Waals surface area contributed by atoms with Crippen molar-refractivity contribution in [2.45, 2.75) is 6.92 Å². The number of carbonyl (C=O) groups is 1. The Balaban J connectivity index is 2.18. The normalized spacial score (nSPS) is 10.2. The molecular formula is C11H8ClN3O4. The van der Waals surface area contributed by atoms with E-state index in [-0.39, 0.29) is 28.2 Å². The number of aromatic nitrogens is 1. The van der Waals surface area contributed by atoms with Gasteiger partial charge in [0, 0.05) is 6.07 Å². The number of amides is 1. The van der Waals surface area contributed by atoms with Gasteiger partial charge in [-0.3, -0.25) is 14.9 Å². The van der Waals surface area contributed by atoms with Gasteiger partial charge in [-0.15, -0.1) is 0 Å². The van der Waals surface area contributed by atoms with Gasteiger partial charge in [0.25, 0.3) is 11.6 Å². The van der Waals surface area contributed by atoms with Crippen molar-refractivity contribution < 1.29 is 14.1 Å². The lowest BCUT2D eigenvalue weighted by atomic mass is 10.3. The van der Waals surface area contributed by atoms with Crippen molar-refractivity contribution in [1.29, 1.82) is 0 Å². The van der Waals surface area contributed by atoms with Crippen molar-refractivity contribution >= 4 is 29.0 Å². The van der Waals surface area contributed by atoms with E-state index < -0.39 is 10.8 Å². The fraction of sp³-hybridized carbons (Fsp3) is 0.0909. The minimum absolute atomic E-state index is 0.0304. The Morgan fingerprint density at radius 1 is 1.42 bits per heavy atom. The van der Waals surface area contributed by atoms with E-state index in [0.717, 1.165) is 0 Å². The van der Waals surface area contributed by atoms with Crippen LogP contribution in [0, 0.1) is 17.0 Å². The van der Waals surface area contributed by atoms with Crippen LogP contribution in [0.2, 0.25) is 5.22 Å². The van der Waals surface area contributed by atoms with Gasteiger partial charge in [0.05, 0.1) is 4.92 Å². The molecule has 7 nitrogen and oxygen atoms in total. The summed E-state index contributed by atoms with van der Waals surface area (Å²) >= 11 is 5.55. The molecule has 8 heteroatoms. The van der Waals surface area contributed by atoms with Crippen LogP contribution in [-0.2, 0) is 0 Å². The van der Waals surface area contributed by atoms with Crippen molar-refractivity contribution in [2.75, 3.05) is 5.32 Å². The fourth-order valence-electron chi connectivity index (χ4n) is 1.43. The van der Waals surface area contributed by atoms with Gasteiger partial charge in [-0.25, -0.2) is 4.98 Å². The lowest BCUT2D eigenvalue weighted by molar-refractivity contribution is -0.385. The maximum absolute atomic E-state index is 11.7. The molecule has 2 aromatic heterocycles. The number of nitro groups is 1. The highest BCUT2D eigenvalue weighted by atomic mass is 35.5. The van der Waals surface area contributed by atoms with E-state index in [4.69, 9.17) is 16.0 Å². The summed E-state index contributed by atoms with van der Waals surface area (Å²) in [5, 5.41) is 13.2. The van der Waals surface area contributed by atoms with Crippen LogP contribution in [0.3, 0.4) is 0 Å². The molecular weight excluding hydrogens is 274 g/mol. The molecule has 0 spiro atoms. The van der Waals surface area contributed by atoms with Crippen molar-refractivity contribution in [1.82, 2.24) is 4.98 Å². The molecule has 2 heterocycles. The predicted octanol–water partition coefficient (Wildman–Crippen LogP) is 2.80. The summed E-state index contributed by atoms with van der Waals surface area (Å²) in [5.74, 6) is -0.309. The van der Waals surface area contributed by atoms with E-state index in [1.165, 1.54) is 31.2 Å². The molecule has 1 amide bonds. The van der Waals surface area contributed by atoms with Gasteiger partial charge in [0.1, 0.15) is 11.5 Å². The van der Waals surface area contributed by atoms with Crippen LogP contribution < -0.4 is 5.32 Å². The number of furan rings is 1. The third-order valence-electron chi connectivity index (χ3n) is 2.29. The molecule has 0 atom stereocenters. The smallest absolute Gasteiger partial charge is 0.292 e. The van der Waals surface area contributed by atoms with Gasteiger partial charge in [0.15, 0.2) is 11.0 Å². The first kappa shape index (κ1) is 13.0. The fourth-order valence-corrected chi connectivity index (χ4v) is 1.58. The maximum Gasteiger partial charge on any atom is 0.292 e. The first-order valence-electron chi connectivity index (χ1n) is 5.16. The van der Waals surface area contributed by atoms with Crippen molar-refractivity contribution in [3.05, 3.63) is 51.1 Å². The number of nitrogens with zero attached hydrogens (tertiary/aromatic N) is 2. The molecule has 0 aliphatic heterocycles. The Labute approximate surface area is 112 Å². The number of hydrogen-bond donors (Lipinski definition) is 1. The van der Waals surface area contributed by atoms with Gasteiger partial charge >= 0.3 is 0 Å². The van der Waals surface area contributed by atoms with E-state index in [9.17, 15) is 14.9 Å². The zero-order chi connectivity index (χ0) is 14.0. The second kappa shape index (κ2) is 5.07. The molecule has 0 aromatic carbocycles. The molecule has 0 fully saturated rings. The number of nitrogens with one attached hydrogen (secondary N) is 1. The largest absolute Gasteiger partial charge is 0.440 e. The summed E-state index contributed by atoms with van der Waals surface area (Å²) in [5.41, 5.74) is 0.0966. The summed E-state index contributed by atoms with van der Waals surface area (Å²) < 4.78 is 4.93. The Hall–Kier alpha value is -2.41. The highest BCUT2D eigenvalue weighted by Gasteiger charge is 2.15. The van der Waals surface area contributed by atoms with E-state index in [2.05, 4.69) is 10.3 Å². The molecule has 0 saturated heterocycles. The molecule has 98 valence electrons. The Kier molecular flexibility index (Phi) is 3.48.